The van der Waals surface area contributed by atoms with Crippen molar-refractivity contribution in [3.63, 3.8) is 0 Å². The highest BCUT2D eigenvalue weighted by Crippen LogP contribution is 2.44. The maximum Gasteiger partial charge on any atom is 0.338 e. The predicted molar refractivity (Wildman–Crippen MR) is 151 cm³/mol. The zero-order valence-electron chi connectivity index (χ0n) is 20.0. The molecule has 0 radical (unpaired) electrons. The third-order valence-electron chi connectivity index (χ3n) is 6.55. The number of thiophene rings is 1. The SMILES string of the molecule is O=C(OC/C=C/c1cccs1)c1ccc2c3c(ccc2c1)OC(c1ccccc1)(c1ccccc1)C=C3. The average Bonchev–Trinajstić information content (AvgIpc) is 3.49. The first-order valence-corrected chi connectivity index (χ1v) is 13.0. The van der Waals surface area contributed by atoms with Gasteiger partial charge in [0.1, 0.15) is 12.4 Å². The number of hydrogen-bond acceptors (Lipinski definition) is 4. The Kier molecular flexibility index (Phi) is 6.17. The highest BCUT2D eigenvalue weighted by molar-refractivity contribution is 7.10. The molecule has 0 atom stereocenters. The number of carbonyl (C=O) groups is 1. The summed E-state index contributed by atoms with van der Waals surface area (Å²) in [6.07, 6.45) is 8.08. The van der Waals surface area contributed by atoms with Gasteiger partial charge in [-0.05, 0) is 64.7 Å². The fourth-order valence-electron chi connectivity index (χ4n) is 4.74. The van der Waals surface area contributed by atoms with Crippen LogP contribution in [-0.2, 0) is 10.3 Å². The van der Waals surface area contributed by atoms with Crippen molar-refractivity contribution in [2.75, 3.05) is 6.61 Å². The lowest BCUT2D eigenvalue weighted by Gasteiger charge is -2.36. The van der Waals surface area contributed by atoms with E-state index in [0.29, 0.717) is 5.56 Å². The fraction of sp³-hybridized carbons (Fsp3) is 0.0606. The zero-order valence-corrected chi connectivity index (χ0v) is 20.9. The number of carbonyl (C=O) groups excluding carboxylic acids is 1. The fourth-order valence-corrected chi connectivity index (χ4v) is 5.38. The standard InChI is InChI=1S/C33H24O3S/c34-32(35-21-7-13-28-14-8-22-37-28)25-15-17-29-24(23-25)16-18-31-30(29)19-20-33(36-31,26-9-3-1-4-10-26)27-11-5-2-6-12-27/h1-20,22-23H,21H2/b13-7+. The molecule has 6 rings (SSSR count). The molecule has 0 saturated carbocycles. The van der Waals surface area contributed by atoms with E-state index in [1.54, 1.807) is 11.3 Å². The molecule has 0 amide bonds. The molecular formula is C33H24O3S. The van der Waals surface area contributed by atoms with Gasteiger partial charge in [-0.2, -0.15) is 0 Å². The molecule has 0 bridgehead atoms. The van der Waals surface area contributed by atoms with E-state index in [1.807, 2.05) is 96.4 Å². The maximum absolute atomic E-state index is 12.6. The van der Waals surface area contributed by atoms with Crippen molar-refractivity contribution in [3.8, 4) is 5.75 Å². The van der Waals surface area contributed by atoms with Crippen LogP contribution in [0.1, 0.15) is 31.9 Å². The largest absolute Gasteiger partial charge is 0.473 e. The molecule has 0 saturated heterocycles. The lowest BCUT2D eigenvalue weighted by Crippen LogP contribution is -2.34. The van der Waals surface area contributed by atoms with E-state index in [9.17, 15) is 4.79 Å². The molecule has 0 unspecified atom stereocenters. The Hall–Kier alpha value is -4.41. The van der Waals surface area contributed by atoms with Crippen LogP contribution in [0.15, 0.2) is 121 Å². The molecule has 0 fully saturated rings. The third-order valence-corrected chi connectivity index (χ3v) is 7.39. The van der Waals surface area contributed by atoms with Crippen molar-refractivity contribution >= 4 is 40.2 Å². The van der Waals surface area contributed by atoms with Crippen LogP contribution in [0.3, 0.4) is 0 Å². The van der Waals surface area contributed by atoms with Crippen molar-refractivity contribution < 1.29 is 14.3 Å². The lowest BCUT2D eigenvalue weighted by molar-refractivity contribution is 0.0550. The Morgan fingerprint density at radius 1 is 0.865 bits per heavy atom. The van der Waals surface area contributed by atoms with E-state index in [2.05, 4.69) is 36.4 Å². The summed E-state index contributed by atoms with van der Waals surface area (Å²) in [7, 11) is 0. The second kappa shape index (κ2) is 9.92. The van der Waals surface area contributed by atoms with E-state index in [0.717, 1.165) is 38.1 Å². The summed E-state index contributed by atoms with van der Waals surface area (Å²) in [5, 5.41) is 4.00. The topological polar surface area (TPSA) is 35.5 Å². The Balaban J connectivity index is 1.29. The zero-order chi connectivity index (χ0) is 25.1. The van der Waals surface area contributed by atoms with Gasteiger partial charge in [0.25, 0.3) is 0 Å². The van der Waals surface area contributed by atoms with Gasteiger partial charge in [0.2, 0.25) is 0 Å². The summed E-state index contributed by atoms with van der Waals surface area (Å²) in [5.74, 6) is 0.464. The highest BCUT2D eigenvalue weighted by Gasteiger charge is 2.37. The molecule has 3 nitrogen and oxygen atoms in total. The second-order valence-electron chi connectivity index (χ2n) is 8.83. The first kappa shape index (κ1) is 23.0. The van der Waals surface area contributed by atoms with Gasteiger partial charge in [-0.25, -0.2) is 4.79 Å². The predicted octanol–water partition coefficient (Wildman–Crippen LogP) is 8.12. The summed E-state index contributed by atoms with van der Waals surface area (Å²) >= 11 is 1.64. The van der Waals surface area contributed by atoms with Gasteiger partial charge in [0, 0.05) is 21.6 Å². The van der Waals surface area contributed by atoms with Crippen LogP contribution < -0.4 is 4.74 Å². The first-order chi connectivity index (χ1) is 18.2. The van der Waals surface area contributed by atoms with Crippen LogP contribution in [0.2, 0.25) is 0 Å². The average molecular weight is 501 g/mol. The Labute approximate surface area is 219 Å². The van der Waals surface area contributed by atoms with Gasteiger partial charge in [-0.3, -0.25) is 0 Å². The van der Waals surface area contributed by atoms with Gasteiger partial charge >= 0.3 is 5.97 Å². The lowest BCUT2D eigenvalue weighted by atomic mass is 9.83. The number of esters is 1. The molecule has 0 N–H and O–H groups in total. The number of ether oxygens (including phenoxy) is 2. The van der Waals surface area contributed by atoms with Crippen molar-refractivity contribution in [2.24, 2.45) is 0 Å². The quantitative estimate of drug-likeness (QED) is 0.221. The monoisotopic (exact) mass is 500 g/mol. The van der Waals surface area contributed by atoms with Gasteiger partial charge < -0.3 is 9.47 Å². The summed E-state index contributed by atoms with van der Waals surface area (Å²) in [6, 6.07) is 34.2. The van der Waals surface area contributed by atoms with E-state index in [4.69, 9.17) is 9.47 Å². The van der Waals surface area contributed by atoms with Crippen molar-refractivity contribution in [2.45, 2.75) is 5.60 Å². The summed E-state index contributed by atoms with van der Waals surface area (Å²) in [5.41, 5.74) is 2.94. The van der Waals surface area contributed by atoms with E-state index < -0.39 is 5.60 Å². The van der Waals surface area contributed by atoms with Gasteiger partial charge in [-0.15, -0.1) is 11.3 Å². The van der Waals surface area contributed by atoms with Crippen LogP contribution in [0.25, 0.3) is 22.9 Å². The van der Waals surface area contributed by atoms with Crippen LogP contribution in [0, 0.1) is 0 Å². The van der Waals surface area contributed by atoms with Gasteiger partial charge in [-0.1, -0.05) is 78.9 Å². The molecule has 0 aliphatic carbocycles. The minimum Gasteiger partial charge on any atom is -0.473 e. The van der Waals surface area contributed by atoms with E-state index in [1.165, 1.54) is 0 Å². The molecule has 2 heterocycles. The Bertz CT molecular complexity index is 1560. The molecule has 0 spiro atoms. The molecular weight excluding hydrogens is 476 g/mol. The van der Waals surface area contributed by atoms with Crippen molar-refractivity contribution in [3.05, 3.63) is 148 Å². The molecule has 1 aromatic heterocycles. The smallest absolute Gasteiger partial charge is 0.338 e. The van der Waals surface area contributed by atoms with E-state index in [-0.39, 0.29) is 12.6 Å². The number of rotatable bonds is 6. The Morgan fingerprint density at radius 2 is 1.62 bits per heavy atom. The molecule has 180 valence electrons. The molecule has 4 aromatic carbocycles. The number of hydrogen-bond donors (Lipinski definition) is 0. The molecule has 1 aliphatic heterocycles. The van der Waals surface area contributed by atoms with Crippen molar-refractivity contribution in [1.29, 1.82) is 0 Å². The highest BCUT2D eigenvalue weighted by atomic mass is 32.1. The number of benzene rings is 4. The van der Waals surface area contributed by atoms with Gasteiger partial charge in [0.15, 0.2) is 5.60 Å². The molecule has 1 aliphatic rings. The Morgan fingerprint density at radius 3 is 2.32 bits per heavy atom. The minimum atomic E-state index is -0.719. The van der Waals surface area contributed by atoms with Gasteiger partial charge in [0.05, 0.1) is 5.56 Å². The summed E-state index contributed by atoms with van der Waals surface area (Å²) < 4.78 is 12.2. The molecule has 37 heavy (non-hydrogen) atoms. The molecule has 5 aromatic rings. The maximum atomic E-state index is 12.6. The minimum absolute atomic E-state index is 0.233. The van der Waals surface area contributed by atoms with Crippen molar-refractivity contribution in [1.82, 2.24) is 0 Å². The van der Waals surface area contributed by atoms with E-state index >= 15 is 0 Å². The normalized spacial score (nSPS) is 13.8. The molecule has 4 heteroatoms. The number of fused-ring (bicyclic) bond motifs is 3. The van der Waals surface area contributed by atoms with Crippen LogP contribution in [-0.4, -0.2) is 12.6 Å². The summed E-state index contributed by atoms with van der Waals surface area (Å²) in [4.78, 5) is 13.8. The van der Waals surface area contributed by atoms with Crippen LogP contribution >= 0.6 is 11.3 Å². The second-order valence-corrected chi connectivity index (χ2v) is 9.81. The first-order valence-electron chi connectivity index (χ1n) is 12.2. The van der Waals surface area contributed by atoms with Crippen LogP contribution in [0.5, 0.6) is 5.75 Å². The van der Waals surface area contributed by atoms with Crippen LogP contribution in [0.4, 0.5) is 0 Å². The summed E-state index contributed by atoms with van der Waals surface area (Å²) in [6.45, 7) is 0.233. The third kappa shape index (κ3) is 4.48.